The van der Waals surface area contributed by atoms with Crippen molar-refractivity contribution in [3.05, 3.63) is 71.1 Å². The van der Waals surface area contributed by atoms with Crippen molar-refractivity contribution in [3.63, 3.8) is 0 Å². The molecule has 0 saturated carbocycles. The summed E-state index contributed by atoms with van der Waals surface area (Å²) in [6, 6.07) is 14.1. The van der Waals surface area contributed by atoms with Crippen LogP contribution in [-0.2, 0) is 6.61 Å². The average Bonchev–Trinajstić information content (AvgIpc) is 3.17. The molecular weight excluding hydrogens is 408 g/mol. The van der Waals surface area contributed by atoms with Gasteiger partial charge in [-0.05, 0) is 36.4 Å². The van der Waals surface area contributed by atoms with Crippen LogP contribution in [0.5, 0.6) is 17.2 Å². The van der Waals surface area contributed by atoms with Crippen LogP contribution in [0.3, 0.4) is 0 Å². The molecule has 1 N–H and O–H groups in total. The fourth-order valence-electron chi connectivity index (χ4n) is 2.42. The number of hydrogen-bond acceptors (Lipinski definition) is 5. The molecule has 6 nitrogen and oxygen atoms in total. The minimum atomic E-state index is -2.99. The van der Waals surface area contributed by atoms with Crippen LogP contribution in [0, 0.1) is 0 Å². The van der Waals surface area contributed by atoms with Crippen LogP contribution in [0.4, 0.5) is 14.5 Å². The lowest BCUT2D eigenvalue weighted by Crippen LogP contribution is -2.11. The molecule has 0 saturated heterocycles. The van der Waals surface area contributed by atoms with Gasteiger partial charge in [0, 0.05) is 11.8 Å². The van der Waals surface area contributed by atoms with Gasteiger partial charge in [0.2, 0.25) is 0 Å². The van der Waals surface area contributed by atoms with Crippen molar-refractivity contribution < 1.29 is 32.2 Å². The zero-order chi connectivity index (χ0) is 20.8. The summed E-state index contributed by atoms with van der Waals surface area (Å²) in [5, 5.41) is 3.06. The average molecular weight is 424 g/mol. The van der Waals surface area contributed by atoms with E-state index in [1.807, 2.05) is 0 Å². The SMILES string of the molecule is COc1cc(NC(=O)c2ccc(COc3ccccc3Cl)o2)ccc1OC(F)F. The monoisotopic (exact) mass is 423 g/mol. The molecule has 0 spiro atoms. The van der Waals surface area contributed by atoms with Crippen LogP contribution in [-0.4, -0.2) is 19.6 Å². The van der Waals surface area contributed by atoms with Crippen molar-refractivity contribution >= 4 is 23.2 Å². The number of alkyl halides is 2. The maximum atomic E-state index is 12.4. The van der Waals surface area contributed by atoms with Crippen molar-refractivity contribution in [2.75, 3.05) is 12.4 Å². The molecule has 0 bridgehead atoms. The molecule has 0 aliphatic rings. The van der Waals surface area contributed by atoms with Crippen molar-refractivity contribution in [2.45, 2.75) is 13.2 Å². The van der Waals surface area contributed by atoms with Crippen molar-refractivity contribution in [2.24, 2.45) is 0 Å². The summed E-state index contributed by atoms with van der Waals surface area (Å²) in [6.07, 6.45) is 0. The predicted octanol–water partition coefficient (Wildman–Crippen LogP) is 5.37. The number of hydrogen-bond donors (Lipinski definition) is 1. The summed E-state index contributed by atoms with van der Waals surface area (Å²) in [5.74, 6) is 0.352. The molecule has 3 rings (SSSR count). The topological polar surface area (TPSA) is 69.9 Å². The Balaban J connectivity index is 1.63. The lowest BCUT2D eigenvalue weighted by Gasteiger charge is -2.11. The maximum Gasteiger partial charge on any atom is 0.387 e. The number of methoxy groups -OCH3 is 1. The van der Waals surface area contributed by atoms with Gasteiger partial charge in [0.25, 0.3) is 5.91 Å². The number of carbonyl (C=O) groups is 1. The number of ether oxygens (including phenoxy) is 3. The highest BCUT2D eigenvalue weighted by Crippen LogP contribution is 2.31. The summed E-state index contributed by atoms with van der Waals surface area (Å²) >= 11 is 6.02. The number of para-hydroxylation sites is 1. The van der Waals surface area contributed by atoms with Crippen LogP contribution >= 0.6 is 11.6 Å². The Kier molecular flexibility index (Phi) is 6.56. The summed E-state index contributed by atoms with van der Waals surface area (Å²) < 4.78 is 45.2. The van der Waals surface area contributed by atoms with Gasteiger partial charge in [-0.1, -0.05) is 23.7 Å². The van der Waals surface area contributed by atoms with Gasteiger partial charge in [-0.2, -0.15) is 8.78 Å². The van der Waals surface area contributed by atoms with Crippen molar-refractivity contribution in [1.82, 2.24) is 0 Å². The van der Waals surface area contributed by atoms with Crippen LogP contribution in [0.15, 0.2) is 59.0 Å². The van der Waals surface area contributed by atoms with E-state index >= 15 is 0 Å². The second-order valence-corrected chi connectivity index (χ2v) is 6.09. The first-order chi connectivity index (χ1) is 14.0. The summed E-state index contributed by atoms with van der Waals surface area (Å²) in [5.41, 5.74) is 0.318. The number of benzene rings is 2. The van der Waals surface area contributed by atoms with E-state index in [1.165, 1.54) is 31.4 Å². The van der Waals surface area contributed by atoms with Crippen LogP contribution in [0.1, 0.15) is 16.3 Å². The third-order valence-corrected chi connectivity index (χ3v) is 4.04. The van der Waals surface area contributed by atoms with Gasteiger partial charge in [-0.3, -0.25) is 4.79 Å². The molecule has 3 aromatic rings. The first kappa shape index (κ1) is 20.5. The van der Waals surface area contributed by atoms with Gasteiger partial charge in [-0.25, -0.2) is 0 Å². The predicted molar refractivity (Wildman–Crippen MR) is 102 cm³/mol. The smallest absolute Gasteiger partial charge is 0.387 e. The molecule has 0 atom stereocenters. The van der Waals surface area contributed by atoms with Gasteiger partial charge in [0.1, 0.15) is 18.1 Å². The molecule has 0 aliphatic heterocycles. The molecule has 0 unspecified atom stereocenters. The van der Waals surface area contributed by atoms with E-state index in [0.717, 1.165) is 0 Å². The Bertz CT molecular complexity index is 993. The molecule has 1 aromatic heterocycles. The highest BCUT2D eigenvalue weighted by Gasteiger charge is 2.15. The summed E-state index contributed by atoms with van der Waals surface area (Å²) in [7, 11) is 1.30. The second-order valence-electron chi connectivity index (χ2n) is 5.68. The Hall–Kier alpha value is -3.26. The molecule has 1 heterocycles. The van der Waals surface area contributed by atoms with Gasteiger partial charge in [0.05, 0.1) is 12.1 Å². The van der Waals surface area contributed by atoms with E-state index in [9.17, 15) is 13.6 Å². The number of amides is 1. The zero-order valence-corrected chi connectivity index (χ0v) is 15.9. The molecule has 2 aromatic carbocycles. The van der Waals surface area contributed by atoms with E-state index in [0.29, 0.717) is 22.2 Å². The standard InChI is InChI=1S/C20H16ClF2NO5/c1-26-18-10-12(6-8-16(18)29-20(22)23)24-19(25)17-9-7-13(28-17)11-27-15-5-3-2-4-14(15)21/h2-10,20H,11H2,1H3,(H,24,25). The molecule has 29 heavy (non-hydrogen) atoms. The van der Waals surface area contributed by atoms with E-state index in [2.05, 4.69) is 10.1 Å². The lowest BCUT2D eigenvalue weighted by atomic mass is 10.2. The van der Waals surface area contributed by atoms with Crippen LogP contribution in [0.25, 0.3) is 0 Å². The van der Waals surface area contributed by atoms with E-state index in [-0.39, 0.29) is 23.9 Å². The molecule has 0 aliphatic carbocycles. The number of anilines is 1. The molecule has 0 fully saturated rings. The quantitative estimate of drug-likeness (QED) is 0.527. The van der Waals surface area contributed by atoms with Gasteiger partial charge in [-0.15, -0.1) is 0 Å². The first-order valence-corrected chi connectivity index (χ1v) is 8.74. The van der Waals surface area contributed by atoms with Gasteiger partial charge in [0.15, 0.2) is 17.3 Å². The van der Waals surface area contributed by atoms with Gasteiger partial charge >= 0.3 is 6.61 Å². The largest absolute Gasteiger partial charge is 0.493 e. The third-order valence-electron chi connectivity index (χ3n) is 3.73. The Labute approximate surface area is 169 Å². The van der Waals surface area contributed by atoms with E-state index in [4.69, 9.17) is 25.5 Å². The zero-order valence-electron chi connectivity index (χ0n) is 15.2. The molecule has 9 heteroatoms. The van der Waals surface area contributed by atoms with E-state index in [1.54, 1.807) is 30.3 Å². The fourth-order valence-corrected chi connectivity index (χ4v) is 2.61. The Morgan fingerprint density at radius 3 is 2.62 bits per heavy atom. The van der Waals surface area contributed by atoms with Crippen molar-refractivity contribution in [1.29, 1.82) is 0 Å². The number of rotatable bonds is 8. The molecule has 1 amide bonds. The second kappa shape index (κ2) is 9.29. The highest BCUT2D eigenvalue weighted by atomic mass is 35.5. The highest BCUT2D eigenvalue weighted by molar-refractivity contribution is 6.32. The number of furan rings is 1. The van der Waals surface area contributed by atoms with Crippen LogP contribution in [0.2, 0.25) is 5.02 Å². The number of carbonyl (C=O) groups excluding carboxylic acids is 1. The number of halogens is 3. The Morgan fingerprint density at radius 1 is 1.10 bits per heavy atom. The molecule has 152 valence electrons. The fraction of sp³-hybridized carbons (Fsp3) is 0.150. The maximum absolute atomic E-state index is 12.4. The summed E-state index contributed by atoms with van der Waals surface area (Å²) in [6.45, 7) is -2.90. The summed E-state index contributed by atoms with van der Waals surface area (Å²) in [4.78, 5) is 12.4. The lowest BCUT2D eigenvalue weighted by molar-refractivity contribution is -0.0512. The minimum absolute atomic E-state index is 0.0506. The first-order valence-electron chi connectivity index (χ1n) is 8.36. The van der Waals surface area contributed by atoms with E-state index < -0.39 is 12.5 Å². The minimum Gasteiger partial charge on any atom is -0.493 e. The molecule has 0 radical (unpaired) electrons. The van der Waals surface area contributed by atoms with Crippen molar-refractivity contribution in [3.8, 4) is 17.2 Å². The van der Waals surface area contributed by atoms with Crippen LogP contribution < -0.4 is 19.5 Å². The van der Waals surface area contributed by atoms with Gasteiger partial charge < -0.3 is 23.9 Å². The third kappa shape index (κ3) is 5.39. The normalized spacial score (nSPS) is 10.7. The number of nitrogens with one attached hydrogen (secondary N) is 1. The molecular formula is C20H16ClF2NO5. The Morgan fingerprint density at radius 2 is 1.90 bits per heavy atom.